The Balaban J connectivity index is 2.22. The molecule has 1 amide bonds. The van der Waals surface area contributed by atoms with Gasteiger partial charge in [-0.25, -0.2) is 12.8 Å². The molecule has 0 bridgehead atoms. The van der Waals surface area contributed by atoms with Crippen LogP contribution in [0.2, 0.25) is 0 Å². The normalized spacial score (nSPS) is 17.6. The van der Waals surface area contributed by atoms with Gasteiger partial charge in [0, 0.05) is 26.2 Å². The van der Waals surface area contributed by atoms with Crippen LogP contribution in [0.1, 0.15) is 13.8 Å². The Morgan fingerprint density at radius 2 is 1.92 bits per heavy atom. The van der Waals surface area contributed by atoms with Crippen molar-refractivity contribution in [2.24, 2.45) is 0 Å². The Morgan fingerprint density at radius 1 is 1.29 bits per heavy atom. The summed E-state index contributed by atoms with van der Waals surface area (Å²) in [7, 11) is -3.72. The average Bonchev–Trinajstić information content (AvgIpc) is 2.53. The lowest BCUT2D eigenvalue weighted by Gasteiger charge is -2.37. The van der Waals surface area contributed by atoms with Gasteiger partial charge in [0.25, 0.3) is 0 Å². The van der Waals surface area contributed by atoms with Crippen LogP contribution in [0.25, 0.3) is 0 Å². The first-order chi connectivity index (χ1) is 11.2. The van der Waals surface area contributed by atoms with Crippen LogP contribution in [-0.2, 0) is 14.8 Å². The van der Waals surface area contributed by atoms with E-state index in [9.17, 15) is 17.6 Å². The lowest BCUT2D eigenvalue weighted by Crippen LogP contribution is -2.55. The maximum Gasteiger partial charge on any atom is 0.246 e. The Morgan fingerprint density at radius 3 is 2.42 bits per heavy atom. The molecule has 1 aromatic rings. The van der Waals surface area contributed by atoms with Crippen LogP contribution in [0.4, 0.5) is 10.1 Å². The van der Waals surface area contributed by atoms with Crippen molar-refractivity contribution in [3.8, 4) is 0 Å². The summed E-state index contributed by atoms with van der Waals surface area (Å²) in [5, 5.41) is 0. The van der Waals surface area contributed by atoms with Crippen molar-refractivity contribution in [1.82, 2.24) is 9.80 Å². The zero-order valence-corrected chi connectivity index (χ0v) is 15.1. The van der Waals surface area contributed by atoms with E-state index in [4.69, 9.17) is 0 Å². The van der Waals surface area contributed by atoms with E-state index < -0.39 is 21.9 Å². The van der Waals surface area contributed by atoms with Crippen LogP contribution in [0, 0.1) is 5.82 Å². The van der Waals surface area contributed by atoms with Crippen molar-refractivity contribution < 1.29 is 17.6 Å². The van der Waals surface area contributed by atoms with E-state index in [-0.39, 0.29) is 11.6 Å². The molecule has 0 N–H and O–H groups in total. The quantitative estimate of drug-likeness (QED) is 0.793. The number of hydrogen-bond donors (Lipinski definition) is 0. The molecule has 1 aromatic carbocycles. The second kappa shape index (κ2) is 7.48. The number of nitrogens with zero attached hydrogens (tertiary/aromatic N) is 3. The molecule has 1 aliphatic rings. The molecule has 0 unspecified atom stereocenters. The van der Waals surface area contributed by atoms with Gasteiger partial charge in [0.05, 0.1) is 11.9 Å². The fourth-order valence-corrected chi connectivity index (χ4v) is 4.13. The van der Waals surface area contributed by atoms with Gasteiger partial charge in [-0.2, -0.15) is 0 Å². The van der Waals surface area contributed by atoms with Crippen molar-refractivity contribution in [2.75, 3.05) is 43.3 Å². The van der Waals surface area contributed by atoms with E-state index in [0.717, 1.165) is 36.3 Å². The molecule has 24 heavy (non-hydrogen) atoms. The second-order valence-corrected chi connectivity index (χ2v) is 7.83. The molecule has 0 spiro atoms. The smallest absolute Gasteiger partial charge is 0.246 e. The number of anilines is 1. The number of likely N-dealkylation sites (N-methyl/N-ethyl adjacent to an activating group) is 1. The molecular weight excluding hydrogens is 333 g/mol. The summed E-state index contributed by atoms with van der Waals surface area (Å²) in [6, 6.07) is 4.36. The lowest BCUT2D eigenvalue weighted by molar-refractivity contribution is -0.133. The zero-order valence-electron chi connectivity index (χ0n) is 14.3. The number of halogens is 1. The van der Waals surface area contributed by atoms with Gasteiger partial charge in [-0.3, -0.25) is 9.10 Å². The highest BCUT2D eigenvalue weighted by atomic mass is 32.2. The molecule has 0 saturated carbocycles. The Labute approximate surface area is 142 Å². The van der Waals surface area contributed by atoms with Crippen molar-refractivity contribution in [1.29, 1.82) is 0 Å². The number of amides is 1. The summed E-state index contributed by atoms with van der Waals surface area (Å²) in [6.45, 7) is 7.21. The van der Waals surface area contributed by atoms with Crippen molar-refractivity contribution in [3.05, 3.63) is 30.1 Å². The van der Waals surface area contributed by atoms with Crippen LogP contribution in [0.3, 0.4) is 0 Å². The molecule has 1 atom stereocenters. The number of sulfonamides is 1. The van der Waals surface area contributed by atoms with Gasteiger partial charge in [0.15, 0.2) is 0 Å². The Hall–Kier alpha value is -1.67. The fourth-order valence-electron chi connectivity index (χ4n) is 2.96. The molecule has 0 aromatic heterocycles. The van der Waals surface area contributed by atoms with E-state index >= 15 is 0 Å². The first-order valence-corrected chi connectivity index (χ1v) is 9.85. The Bertz CT molecular complexity index is 688. The highest BCUT2D eigenvalue weighted by Gasteiger charge is 2.33. The van der Waals surface area contributed by atoms with Gasteiger partial charge in [-0.15, -0.1) is 0 Å². The number of carbonyl (C=O) groups excluding carboxylic acids is 1. The van der Waals surface area contributed by atoms with Gasteiger partial charge >= 0.3 is 0 Å². The number of rotatable bonds is 5. The van der Waals surface area contributed by atoms with Crippen molar-refractivity contribution in [2.45, 2.75) is 19.9 Å². The topological polar surface area (TPSA) is 60.9 Å². The summed E-state index contributed by atoms with van der Waals surface area (Å²) in [5.74, 6) is -0.808. The van der Waals surface area contributed by atoms with Crippen LogP contribution in [-0.4, -0.2) is 69.1 Å². The first kappa shape index (κ1) is 18.7. The molecule has 1 aliphatic heterocycles. The van der Waals surface area contributed by atoms with E-state index in [1.165, 1.54) is 18.2 Å². The Kier molecular flexibility index (Phi) is 5.82. The number of benzene rings is 1. The molecule has 1 saturated heterocycles. The summed E-state index contributed by atoms with van der Waals surface area (Å²) in [5.41, 5.74) is 0.158. The molecule has 1 fully saturated rings. The monoisotopic (exact) mass is 357 g/mol. The van der Waals surface area contributed by atoms with Gasteiger partial charge in [-0.05, 0) is 31.7 Å². The third-order valence-electron chi connectivity index (χ3n) is 4.26. The third kappa shape index (κ3) is 4.24. The van der Waals surface area contributed by atoms with E-state index in [1.54, 1.807) is 11.8 Å². The maximum atomic E-state index is 13.5. The second-order valence-electron chi connectivity index (χ2n) is 5.97. The molecular formula is C16H24FN3O3S. The summed E-state index contributed by atoms with van der Waals surface area (Å²) in [6.07, 6.45) is 1.02. The minimum absolute atomic E-state index is 0.158. The summed E-state index contributed by atoms with van der Waals surface area (Å²) >= 11 is 0. The third-order valence-corrected chi connectivity index (χ3v) is 5.50. The molecule has 0 aliphatic carbocycles. The maximum absolute atomic E-state index is 13.5. The van der Waals surface area contributed by atoms with Crippen LogP contribution >= 0.6 is 0 Å². The fraction of sp³-hybridized carbons (Fsp3) is 0.562. The van der Waals surface area contributed by atoms with E-state index in [2.05, 4.69) is 11.8 Å². The van der Waals surface area contributed by atoms with Gasteiger partial charge in [0.2, 0.25) is 15.9 Å². The number of carbonyl (C=O) groups is 1. The minimum Gasteiger partial charge on any atom is -0.338 e. The van der Waals surface area contributed by atoms with Crippen LogP contribution in [0.15, 0.2) is 24.3 Å². The van der Waals surface area contributed by atoms with Gasteiger partial charge < -0.3 is 9.80 Å². The average molecular weight is 357 g/mol. The molecule has 134 valence electrons. The summed E-state index contributed by atoms with van der Waals surface area (Å²) < 4.78 is 38.9. The van der Waals surface area contributed by atoms with Crippen molar-refractivity contribution in [3.63, 3.8) is 0 Å². The van der Waals surface area contributed by atoms with Gasteiger partial charge in [-0.1, -0.05) is 13.0 Å². The van der Waals surface area contributed by atoms with Gasteiger partial charge in [0.1, 0.15) is 11.9 Å². The molecule has 8 heteroatoms. The minimum atomic E-state index is -3.72. The van der Waals surface area contributed by atoms with E-state index in [1.807, 2.05) is 0 Å². The molecule has 6 nitrogen and oxygen atoms in total. The van der Waals surface area contributed by atoms with Crippen molar-refractivity contribution >= 4 is 21.6 Å². The molecule has 2 rings (SSSR count). The summed E-state index contributed by atoms with van der Waals surface area (Å²) in [4.78, 5) is 16.7. The zero-order chi connectivity index (χ0) is 17.9. The molecule has 1 heterocycles. The lowest BCUT2D eigenvalue weighted by atomic mass is 10.2. The van der Waals surface area contributed by atoms with Crippen LogP contribution < -0.4 is 4.31 Å². The predicted molar refractivity (Wildman–Crippen MR) is 91.9 cm³/mol. The molecule has 0 radical (unpaired) electrons. The highest BCUT2D eigenvalue weighted by molar-refractivity contribution is 7.92. The first-order valence-electron chi connectivity index (χ1n) is 8.00. The van der Waals surface area contributed by atoms with Crippen LogP contribution in [0.5, 0.6) is 0 Å². The number of piperazine rings is 1. The number of hydrogen-bond acceptors (Lipinski definition) is 4. The SMILES string of the molecule is CCN1CCN(C(=O)[C@@H](C)N(c2cccc(F)c2)S(C)(=O)=O)CC1. The largest absolute Gasteiger partial charge is 0.338 e. The van der Waals surface area contributed by atoms with E-state index in [0.29, 0.717) is 13.1 Å². The standard InChI is InChI=1S/C16H24FN3O3S/c1-4-18-8-10-19(11-9-18)16(21)13(2)20(24(3,22)23)15-7-5-6-14(17)12-15/h5-7,12-13H,4,8-11H2,1-3H3/t13-/m1/s1. The predicted octanol–water partition coefficient (Wildman–Crippen LogP) is 1.14. The highest BCUT2D eigenvalue weighted by Crippen LogP contribution is 2.22.